The van der Waals surface area contributed by atoms with Gasteiger partial charge in [-0.1, -0.05) is 0 Å². The van der Waals surface area contributed by atoms with Crippen LogP contribution in [0.3, 0.4) is 0 Å². The fourth-order valence-electron chi connectivity index (χ4n) is 1.72. The number of esters is 1. The Morgan fingerprint density at radius 1 is 0.870 bits per heavy atom. The van der Waals surface area contributed by atoms with Crippen molar-refractivity contribution in [2.24, 2.45) is 0 Å². The van der Waals surface area contributed by atoms with E-state index in [1.807, 2.05) is 0 Å². The molecule has 130 valence electrons. The minimum absolute atomic E-state index is 0.172. The van der Waals surface area contributed by atoms with Crippen molar-refractivity contribution in [1.29, 1.82) is 0 Å². The summed E-state index contributed by atoms with van der Waals surface area (Å²) < 4.78 is 85.8. The van der Waals surface area contributed by atoms with Gasteiger partial charge in [0.15, 0.2) is 0 Å². The average Bonchev–Trinajstić information content (AvgIpc) is 2.21. The van der Waals surface area contributed by atoms with Gasteiger partial charge < -0.3 is 14.2 Å². The van der Waals surface area contributed by atoms with Gasteiger partial charge in [-0.3, -0.25) is 4.79 Å². The highest BCUT2D eigenvalue weighted by Gasteiger charge is 2.35. The molecule has 0 radical (unpaired) electrons. The third-order valence-corrected chi connectivity index (χ3v) is 2.44. The molecule has 10 heteroatoms. The van der Waals surface area contributed by atoms with Crippen molar-refractivity contribution in [3.05, 3.63) is 23.8 Å². The molecule has 0 amide bonds. The van der Waals surface area contributed by atoms with Crippen LogP contribution in [0.25, 0.3) is 0 Å². The number of carbonyl (C=O) groups excluding carboxylic acids is 1. The topological polar surface area (TPSA) is 44.8 Å². The summed E-state index contributed by atoms with van der Waals surface area (Å²) in [6, 6.07) is 2.04. The van der Waals surface area contributed by atoms with Gasteiger partial charge in [-0.2, -0.15) is 0 Å². The third-order valence-electron chi connectivity index (χ3n) is 2.44. The van der Waals surface area contributed by atoms with Crippen molar-refractivity contribution in [2.45, 2.75) is 39.1 Å². The molecular formula is C13H12F6O4. The van der Waals surface area contributed by atoms with Crippen molar-refractivity contribution in [3.63, 3.8) is 0 Å². The van der Waals surface area contributed by atoms with Crippen LogP contribution < -0.4 is 9.47 Å². The average molecular weight is 346 g/mol. The summed E-state index contributed by atoms with van der Waals surface area (Å²) in [5, 5.41) is 0. The summed E-state index contributed by atoms with van der Waals surface area (Å²) in [5.74, 6) is -2.64. The van der Waals surface area contributed by atoms with Crippen LogP contribution in [0.1, 0.15) is 26.3 Å². The monoisotopic (exact) mass is 346 g/mol. The first-order valence-electron chi connectivity index (χ1n) is 6.04. The van der Waals surface area contributed by atoms with E-state index in [1.54, 1.807) is 0 Å². The second-order valence-corrected chi connectivity index (χ2v) is 4.89. The molecule has 0 aliphatic carbocycles. The van der Waals surface area contributed by atoms with E-state index in [4.69, 9.17) is 4.74 Å². The molecular weight excluding hydrogens is 334 g/mol. The Morgan fingerprint density at radius 3 is 1.57 bits per heavy atom. The van der Waals surface area contributed by atoms with E-state index < -0.39 is 35.8 Å². The zero-order valence-electron chi connectivity index (χ0n) is 12.1. The van der Waals surface area contributed by atoms with Crippen LogP contribution in [0.2, 0.25) is 0 Å². The van der Waals surface area contributed by atoms with Crippen LogP contribution in [-0.2, 0) is 15.1 Å². The molecule has 0 aliphatic rings. The van der Waals surface area contributed by atoms with Gasteiger partial charge >= 0.3 is 18.7 Å². The first kappa shape index (κ1) is 18.9. The number of alkyl halides is 6. The highest BCUT2D eigenvalue weighted by molar-refractivity contribution is 5.66. The van der Waals surface area contributed by atoms with Crippen LogP contribution in [0.5, 0.6) is 11.5 Å². The minimum atomic E-state index is -5.11. The van der Waals surface area contributed by atoms with Gasteiger partial charge in [0.05, 0.1) is 0 Å². The Labute approximate surface area is 126 Å². The fourth-order valence-corrected chi connectivity index (χ4v) is 1.72. The molecule has 0 saturated heterocycles. The summed E-state index contributed by atoms with van der Waals surface area (Å²) in [6.07, 6.45) is -10.2. The number of carbonyl (C=O) groups is 1. The van der Waals surface area contributed by atoms with Gasteiger partial charge in [-0.15, -0.1) is 26.3 Å². The molecule has 0 atom stereocenters. The lowest BCUT2D eigenvalue weighted by Crippen LogP contribution is -2.25. The van der Waals surface area contributed by atoms with E-state index >= 15 is 0 Å². The van der Waals surface area contributed by atoms with Gasteiger partial charge in [-0.25, -0.2) is 0 Å². The lowest BCUT2D eigenvalue weighted by atomic mass is 9.97. The molecule has 23 heavy (non-hydrogen) atoms. The number of benzene rings is 1. The SMILES string of the molecule is CC(=O)OC(C)(C)c1cc(OC(F)(F)F)cc(OC(F)(F)F)c1. The van der Waals surface area contributed by atoms with E-state index in [-0.39, 0.29) is 5.56 Å². The first-order chi connectivity index (χ1) is 10.2. The van der Waals surface area contributed by atoms with E-state index in [0.717, 1.165) is 19.1 Å². The highest BCUT2D eigenvalue weighted by Crippen LogP contribution is 2.36. The fraction of sp³-hybridized carbons (Fsp3) is 0.462. The standard InChI is InChI=1S/C13H12F6O4/c1-7(20)21-11(2,3)8-4-9(22-12(14,15)16)6-10(5-8)23-13(17,18)19/h4-6H,1-3H3. The summed E-state index contributed by atoms with van der Waals surface area (Å²) in [7, 11) is 0. The molecule has 0 fully saturated rings. The predicted molar refractivity (Wildman–Crippen MR) is 64.6 cm³/mol. The number of ether oxygens (including phenoxy) is 3. The number of rotatable bonds is 4. The van der Waals surface area contributed by atoms with Crippen LogP contribution in [0, 0.1) is 0 Å². The van der Waals surface area contributed by atoms with Crippen molar-refractivity contribution < 1.29 is 45.3 Å². The van der Waals surface area contributed by atoms with Crippen LogP contribution in [0.15, 0.2) is 18.2 Å². The summed E-state index contributed by atoms with van der Waals surface area (Å²) in [4.78, 5) is 11.0. The van der Waals surface area contributed by atoms with E-state index in [2.05, 4.69) is 9.47 Å². The van der Waals surface area contributed by atoms with E-state index in [1.165, 1.54) is 13.8 Å². The lowest BCUT2D eigenvalue weighted by molar-refractivity contribution is -0.276. The van der Waals surface area contributed by atoms with Gasteiger partial charge in [-0.05, 0) is 26.0 Å². The molecule has 0 saturated carbocycles. The predicted octanol–water partition coefficient (Wildman–Crippen LogP) is 4.28. The van der Waals surface area contributed by atoms with Crippen molar-refractivity contribution >= 4 is 5.97 Å². The zero-order valence-corrected chi connectivity index (χ0v) is 12.1. The second kappa shape index (κ2) is 6.17. The maximum Gasteiger partial charge on any atom is 0.573 e. The van der Waals surface area contributed by atoms with Crippen molar-refractivity contribution in [3.8, 4) is 11.5 Å². The van der Waals surface area contributed by atoms with Crippen molar-refractivity contribution in [1.82, 2.24) is 0 Å². The summed E-state index contributed by atoms with van der Waals surface area (Å²) in [6.45, 7) is 3.63. The highest BCUT2D eigenvalue weighted by atomic mass is 19.4. The minimum Gasteiger partial charge on any atom is -0.455 e. The quantitative estimate of drug-likeness (QED) is 0.603. The van der Waals surface area contributed by atoms with Crippen LogP contribution in [0.4, 0.5) is 26.3 Å². The molecule has 0 heterocycles. The van der Waals surface area contributed by atoms with Gasteiger partial charge in [0.2, 0.25) is 0 Å². The molecule has 0 unspecified atom stereocenters. The largest absolute Gasteiger partial charge is 0.573 e. The molecule has 0 bridgehead atoms. The Balaban J connectivity index is 3.30. The molecule has 0 aromatic heterocycles. The molecule has 0 aliphatic heterocycles. The van der Waals surface area contributed by atoms with E-state index in [9.17, 15) is 31.1 Å². The van der Waals surface area contributed by atoms with Crippen LogP contribution in [-0.4, -0.2) is 18.7 Å². The Bertz CT molecular complexity index is 543. The maximum atomic E-state index is 12.3. The Morgan fingerprint density at radius 2 is 1.26 bits per heavy atom. The molecule has 4 nitrogen and oxygen atoms in total. The molecule has 0 spiro atoms. The molecule has 1 rings (SSSR count). The molecule has 1 aromatic carbocycles. The Kier molecular flexibility index (Phi) is 5.07. The van der Waals surface area contributed by atoms with Crippen LogP contribution >= 0.6 is 0 Å². The lowest BCUT2D eigenvalue weighted by Gasteiger charge is -2.26. The first-order valence-corrected chi connectivity index (χ1v) is 6.04. The number of hydrogen-bond acceptors (Lipinski definition) is 4. The summed E-state index contributed by atoms with van der Waals surface area (Å²) in [5.41, 5.74) is -1.67. The zero-order chi connectivity index (χ0) is 18.1. The smallest absolute Gasteiger partial charge is 0.455 e. The van der Waals surface area contributed by atoms with Gasteiger partial charge in [0, 0.05) is 18.6 Å². The maximum absolute atomic E-state index is 12.3. The second-order valence-electron chi connectivity index (χ2n) is 4.89. The third kappa shape index (κ3) is 6.66. The van der Waals surface area contributed by atoms with Gasteiger partial charge in [0.25, 0.3) is 0 Å². The molecule has 0 N–H and O–H groups in total. The molecule has 1 aromatic rings. The van der Waals surface area contributed by atoms with Crippen molar-refractivity contribution in [2.75, 3.05) is 0 Å². The van der Waals surface area contributed by atoms with E-state index in [0.29, 0.717) is 6.07 Å². The number of hydrogen-bond donors (Lipinski definition) is 0. The Hall–Kier alpha value is -2.13. The van der Waals surface area contributed by atoms with Gasteiger partial charge in [0.1, 0.15) is 17.1 Å². The summed E-state index contributed by atoms with van der Waals surface area (Å²) >= 11 is 0. The normalized spacial score (nSPS) is 12.7. The number of halogens is 6.